The zero-order valence-corrected chi connectivity index (χ0v) is 17.4. The van der Waals surface area contributed by atoms with Gasteiger partial charge in [-0.25, -0.2) is 8.42 Å². The van der Waals surface area contributed by atoms with Crippen LogP contribution in [0.2, 0.25) is 0 Å². The minimum atomic E-state index is -4.43. The number of benzene rings is 2. The molecule has 0 aliphatic rings. The summed E-state index contributed by atoms with van der Waals surface area (Å²) in [5.41, 5.74) is 0.639. The Morgan fingerprint density at radius 3 is 2.43 bits per heavy atom. The number of methoxy groups -OCH3 is 1. The maximum Gasteiger partial charge on any atom is 0.416 e. The van der Waals surface area contributed by atoms with E-state index in [2.05, 4.69) is 0 Å². The van der Waals surface area contributed by atoms with Crippen LogP contribution in [0.5, 0.6) is 5.75 Å². The maximum atomic E-state index is 12.5. The van der Waals surface area contributed by atoms with Crippen molar-refractivity contribution in [3.05, 3.63) is 76.7 Å². The van der Waals surface area contributed by atoms with Crippen molar-refractivity contribution in [3.63, 3.8) is 0 Å². The number of ether oxygens (including phenoxy) is 1. The first-order valence-corrected chi connectivity index (χ1v) is 12.3. The number of hydrogen-bond acceptors (Lipinski definition) is 5. The van der Waals surface area contributed by atoms with Gasteiger partial charge in [-0.05, 0) is 40.8 Å². The summed E-state index contributed by atoms with van der Waals surface area (Å²) >= 11 is 0. The second-order valence-corrected chi connectivity index (χ2v) is 10.2. The van der Waals surface area contributed by atoms with E-state index in [1.165, 1.54) is 22.9 Å². The van der Waals surface area contributed by atoms with E-state index in [9.17, 15) is 21.6 Å². The van der Waals surface area contributed by atoms with Crippen LogP contribution in [0, 0.1) is 0 Å². The van der Waals surface area contributed by atoms with Gasteiger partial charge in [0.1, 0.15) is 5.75 Å². The molecule has 2 rings (SSSR count). The molecule has 0 amide bonds. The molecule has 9 heteroatoms. The molecule has 3 nitrogen and oxygen atoms in total. The fraction of sp³-hybridized carbons (Fsp3) is 0.263. The molecule has 0 spiro atoms. The van der Waals surface area contributed by atoms with Crippen molar-refractivity contribution in [1.29, 1.82) is 0 Å². The molecular weight excluding hydrogens is 429 g/mol. The van der Waals surface area contributed by atoms with Crippen LogP contribution in [0.25, 0.3) is 0 Å². The normalized spacial score (nSPS) is 12.4. The highest BCUT2D eigenvalue weighted by Gasteiger charge is 2.30. The molecule has 0 aromatic heterocycles. The molecule has 0 bridgehead atoms. The van der Waals surface area contributed by atoms with Crippen molar-refractivity contribution < 1.29 is 26.3 Å². The molecule has 2 aromatic carbocycles. The summed E-state index contributed by atoms with van der Waals surface area (Å²) in [5, 5.41) is 1.70. The highest BCUT2D eigenvalue weighted by atomic mass is 33.1. The number of halogens is 3. The van der Waals surface area contributed by atoms with Crippen molar-refractivity contribution in [2.45, 2.75) is 17.7 Å². The zero-order chi connectivity index (χ0) is 20.6. The van der Waals surface area contributed by atoms with E-state index in [-0.39, 0.29) is 11.5 Å². The van der Waals surface area contributed by atoms with Crippen molar-refractivity contribution >= 4 is 31.4 Å². The van der Waals surface area contributed by atoms with Gasteiger partial charge in [0, 0.05) is 5.75 Å². The van der Waals surface area contributed by atoms with Gasteiger partial charge in [-0.1, -0.05) is 51.9 Å². The lowest BCUT2D eigenvalue weighted by Gasteiger charge is -2.07. The van der Waals surface area contributed by atoms with Gasteiger partial charge in [-0.2, -0.15) is 13.2 Å². The third-order valence-corrected chi connectivity index (χ3v) is 7.06. The Labute approximate surface area is 170 Å². The van der Waals surface area contributed by atoms with Crippen LogP contribution in [0.3, 0.4) is 0 Å². The van der Waals surface area contributed by atoms with E-state index in [1.54, 1.807) is 29.4 Å². The lowest BCUT2D eigenvalue weighted by Crippen LogP contribution is -2.08. The van der Waals surface area contributed by atoms with Gasteiger partial charge >= 0.3 is 6.18 Å². The van der Waals surface area contributed by atoms with Crippen LogP contribution in [0.4, 0.5) is 13.2 Å². The summed E-state index contributed by atoms with van der Waals surface area (Å²) in [6.07, 6.45) is -2.89. The van der Waals surface area contributed by atoms with Crippen LogP contribution in [-0.4, -0.2) is 21.3 Å². The fourth-order valence-corrected chi connectivity index (χ4v) is 5.28. The number of sulfone groups is 1. The lowest BCUT2D eigenvalue weighted by molar-refractivity contribution is -0.137. The molecule has 0 N–H and O–H groups in total. The molecule has 0 unspecified atom stereocenters. The molecule has 28 heavy (non-hydrogen) atoms. The molecule has 0 aliphatic carbocycles. The summed E-state index contributed by atoms with van der Waals surface area (Å²) < 4.78 is 67.0. The van der Waals surface area contributed by atoms with Crippen LogP contribution in [-0.2, 0) is 27.5 Å². The monoisotopic (exact) mass is 448 g/mol. The predicted octanol–water partition coefficient (Wildman–Crippen LogP) is 5.72. The number of alkyl halides is 3. The summed E-state index contributed by atoms with van der Waals surface area (Å²) in [7, 11) is 1.14. The number of rotatable bonds is 9. The molecule has 2 aromatic rings. The molecule has 152 valence electrons. The average Bonchev–Trinajstić information content (AvgIpc) is 2.64. The Balaban J connectivity index is 1.77. The van der Waals surface area contributed by atoms with E-state index in [4.69, 9.17) is 4.74 Å². The molecule has 0 saturated heterocycles. The Morgan fingerprint density at radius 1 is 1.07 bits per heavy atom. The van der Waals surface area contributed by atoms with Gasteiger partial charge in [-0.3, -0.25) is 0 Å². The lowest BCUT2D eigenvalue weighted by atomic mass is 10.1. The zero-order valence-electron chi connectivity index (χ0n) is 15.0. The maximum absolute atomic E-state index is 12.5. The molecular formula is C19H19F3O3S3. The topological polar surface area (TPSA) is 43.4 Å². The molecule has 0 heterocycles. The van der Waals surface area contributed by atoms with Crippen LogP contribution >= 0.6 is 21.6 Å². The third kappa shape index (κ3) is 7.81. The first-order valence-electron chi connectivity index (χ1n) is 8.12. The molecule has 0 radical (unpaired) electrons. The van der Waals surface area contributed by atoms with E-state index < -0.39 is 21.6 Å². The molecule has 0 aliphatic heterocycles. The Bertz CT molecular complexity index is 893. The molecule has 0 fully saturated rings. The Hall–Kier alpha value is -1.58. The van der Waals surface area contributed by atoms with Gasteiger partial charge < -0.3 is 4.74 Å². The third-order valence-electron chi connectivity index (χ3n) is 3.60. The highest BCUT2D eigenvalue weighted by Crippen LogP contribution is 2.30. The quantitative estimate of drug-likeness (QED) is 0.362. The first kappa shape index (κ1) is 22.7. The largest absolute Gasteiger partial charge is 0.497 e. The Kier molecular flexibility index (Phi) is 8.33. The summed E-state index contributed by atoms with van der Waals surface area (Å²) in [4.78, 5) is 0. The summed E-state index contributed by atoms with van der Waals surface area (Å²) in [5.74, 6) is 1.07. The van der Waals surface area contributed by atoms with Crippen molar-refractivity contribution in [1.82, 2.24) is 0 Å². The summed E-state index contributed by atoms with van der Waals surface area (Å²) in [6, 6.07) is 11.9. The van der Waals surface area contributed by atoms with Gasteiger partial charge in [-0.15, -0.1) is 0 Å². The standard InChI is InChI=1S/C19H19F3O3S3/c1-25-18-5-2-4-16(12-18)13-27-26-10-3-11-28(23,24)14-15-6-8-17(9-7-15)19(20,21)22/h2-10,12H,11,13-14H2,1H3. The van der Waals surface area contributed by atoms with Gasteiger partial charge in [0.2, 0.25) is 0 Å². The fourth-order valence-electron chi connectivity index (χ4n) is 2.23. The molecule has 0 saturated carbocycles. The second kappa shape index (κ2) is 10.3. The highest BCUT2D eigenvalue weighted by molar-refractivity contribution is 8.77. The van der Waals surface area contributed by atoms with Crippen LogP contribution in [0.15, 0.2) is 60.0 Å². The smallest absolute Gasteiger partial charge is 0.416 e. The van der Waals surface area contributed by atoms with Crippen LogP contribution in [0.1, 0.15) is 16.7 Å². The first-order chi connectivity index (χ1) is 13.2. The Morgan fingerprint density at radius 2 is 1.79 bits per heavy atom. The SMILES string of the molecule is COc1cccc(CSSC=CCS(=O)(=O)Cc2ccc(C(F)(F)F)cc2)c1. The minimum absolute atomic E-state index is 0.166. The molecule has 0 atom stereocenters. The predicted molar refractivity (Wildman–Crippen MR) is 110 cm³/mol. The average molecular weight is 449 g/mol. The van der Waals surface area contributed by atoms with Gasteiger partial charge in [0.05, 0.1) is 24.2 Å². The van der Waals surface area contributed by atoms with Crippen molar-refractivity contribution in [2.24, 2.45) is 0 Å². The van der Waals surface area contributed by atoms with E-state index >= 15 is 0 Å². The van der Waals surface area contributed by atoms with Crippen molar-refractivity contribution in [3.8, 4) is 5.75 Å². The summed E-state index contributed by atoms with van der Waals surface area (Å²) in [6.45, 7) is 0. The van der Waals surface area contributed by atoms with E-state index in [0.29, 0.717) is 5.56 Å². The minimum Gasteiger partial charge on any atom is -0.497 e. The van der Waals surface area contributed by atoms with Gasteiger partial charge in [0.15, 0.2) is 9.84 Å². The second-order valence-electron chi connectivity index (χ2n) is 5.83. The van der Waals surface area contributed by atoms with E-state index in [1.807, 2.05) is 24.3 Å². The van der Waals surface area contributed by atoms with E-state index in [0.717, 1.165) is 29.2 Å². The van der Waals surface area contributed by atoms with Crippen LogP contribution < -0.4 is 4.74 Å². The van der Waals surface area contributed by atoms with Crippen molar-refractivity contribution in [2.75, 3.05) is 12.9 Å². The number of hydrogen-bond donors (Lipinski definition) is 0. The van der Waals surface area contributed by atoms with Gasteiger partial charge in [0.25, 0.3) is 0 Å².